The van der Waals surface area contributed by atoms with E-state index in [1.165, 1.54) is 33.8 Å². The van der Waals surface area contributed by atoms with E-state index in [0.29, 0.717) is 11.1 Å². The van der Waals surface area contributed by atoms with Gasteiger partial charge in [-0.2, -0.15) is 0 Å². The number of ketones is 1. The summed E-state index contributed by atoms with van der Waals surface area (Å²) in [6.45, 7) is 12.0. The fourth-order valence-corrected chi connectivity index (χ4v) is 6.06. The SMILES string of the molecule is CC(=O)O[C@@H]1C[C@@H](OC(C)=O)C(C)(C)[C@@H](O)/C=C(\C)C(=O)[C@@]2(OC(C)=O)C[C@H](C)[C@H](OC(=O)c3ccccc3)[C@@H]2/C=C/1C. The lowest BCUT2D eigenvalue weighted by atomic mass is 9.74. The summed E-state index contributed by atoms with van der Waals surface area (Å²) < 4.78 is 23.2. The molecule has 2 aliphatic carbocycles. The van der Waals surface area contributed by atoms with Gasteiger partial charge in [0.15, 0.2) is 5.60 Å². The average Bonchev–Trinajstić information content (AvgIpc) is 3.16. The van der Waals surface area contributed by atoms with Crippen LogP contribution in [0.2, 0.25) is 0 Å². The Morgan fingerprint density at radius 2 is 1.49 bits per heavy atom. The van der Waals surface area contributed by atoms with Crippen LogP contribution in [-0.2, 0) is 38.1 Å². The molecule has 0 saturated heterocycles. The summed E-state index contributed by atoms with van der Waals surface area (Å²) in [6, 6.07) is 8.38. The molecule has 0 heterocycles. The molecule has 10 nitrogen and oxygen atoms in total. The van der Waals surface area contributed by atoms with Crippen LogP contribution in [0.5, 0.6) is 0 Å². The Morgan fingerprint density at radius 3 is 2.05 bits per heavy atom. The lowest BCUT2D eigenvalue weighted by Crippen LogP contribution is -2.50. The second-order valence-corrected chi connectivity index (χ2v) is 12.2. The molecule has 0 aliphatic heterocycles. The number of hydrogen-bond acceptors (Lipinski definition) is 10. The maximum atomic E-state index is 14.3. The third-order valence-corrected chi connectivity index (χ3v) is 8.39. The molecule has 1 saturated carbocycles. The lowest BCUT2D eigenvalue weighted by molar-refractivity contribution is -0.168. The first-order valence-electron chi connectivity index (χ1n) is 14.4. The van der Waals surface area contributed by atoms with Crippen molar-refractivity contribution in [1.29, 1.82) is 0 Å². The molecule has 43 heavy (non-hydrogen) atoms. The predicted octanol–water partition coefficient (Wildman–Crippen LogP) is 4.29. The maximum Gasteiger partial charge on any atom is 0.338 e. The van der Waals surface area contributed by atoms with Crippen molar-refractivity contribution in [1.82, 2.24) is 0 Å². The third-order valence-electron chi connectivity index (χ3n) is 8.39. The molecule has 0 radical (unpaired) electrons. The van der Waals surface area contributed by atoms with Crippen molar-refractivity contribution in [2.45, 2.75) is 98.2 Å². The minimum atomic E-state index is -1.78. The van der Waals surface area contributed by atoms with Crippen LogP contribution in [0.15, 0.2) is 53.6 Å². The van der Waals surface area contributed by atoms with Gasteiger partial charge in [0.25, 0.3) is 0 Å². The summed E-state index contributed by atoms with van der Waals surface area (Å²) in [4.78, 5) is 64.4. The first kappa shape index (κ1) is 33.7. The van der Waals surface area contributed by atoms with Gasteiger partial charge < -0.3 is 24.1 Å². The van der Waals surface area contributed by atoms with Crippen molar-refractivity contribution < 1.29 is 48.0 Å². The highest BCUT2D eigenvalue weighted by atomic mass is 16.6. The van der Waals surface area contributed by atoms with Gasteiger partial charge in [-0.1, -0.05) is 45.0 Å². The molecule has 2 aliphatic rings. The van der Waals surface area contributed by atoms with Crippen LogP contribution >= 0.6 is 0 Å². The second kappa shape index (κ2) is 13.2. The Kier molecular flexibility index (Phi) is 10.4. The maximum absolute atomic E-state index is 14.3. The summed E-state index contributed by atoms with van der Waals surface area (Å²) >= 11 is 0. The van der Waals surface area contributed by atoms with Crippen LogP contribution in [0.25, 0.3) is 0 Å². The molecule has 10 heteroatoms. The molecule has 0 unspecified atom stereocenters. The zero-order valence-electron chi connectivity index (χ0n) is 26.0. The van der Waals surface area contributed by atoms with Crippen LogP contribution in [0.3, 0.4) is 0 Å². The molecule has 234 valence electrons. The molecular weight excluding hydrogens is 556 g/mol. The van der Waals surface area contributed by atoms with E-state index >= 15 is 0 Å². The average molecular weight is 599 g/mol. The third kappa shape index (κ3) is 7.41. The molecule has 1 aromatic rings. The number of rotatable bonds is 5. The highest BCUT2D eigenvalue weighted by molar-refractivity contribution is 6.03. The van der Waals surface area contributed by atoms with Crippen molar-refractivity contribution in [3.8, 4) is 0 Å². The Hall–Kier alpha value is -3.79. The Morgan fingerprint density at radius 1 is 0.884 bits per heavy atom. The number of benzene rings is 1. The Bertz CT molecular complexity index is 1310. The van der Waals surface area contributed by atoms with Gasteiger partial charge >= 0.3 is 23.9 Å². The van der Waals surface area contributed by atoms with Gasteiger partial charge in [-0.25, -0.2) is 4.79 Å². The Balaban J connectivity index is 2.27. The molecule has 3 rings (SSSR count). The zero-order chi connectivity index (χ0) is 32.3. The first-order valence-corrected chi connectivity index (χ1v) is 14.4. The summed E-state index contributed by atoms with van der Waals surface area (Å²) in [5.74, 6) is -4.51. The van der Waals surface area contributed by atoms with Crippen LogP contribution < -0.4 is 0 Å². The molecular formula is C33H42O10. The van der Waals surface area contributed by atoms with E-state index in [9.17, 15) is 29.1 Å². The minimum absolute atomic E-state index is 0.0102. The molecule has 0 amide bonds. The summed E-state index contributed by atoms with van der Waals surface area (Å²) in [7, 11) is 0. The molecule has 0 spiro atoms. The standard InChI is InChI=1S/C33H42O10/c1-18-14-25-29(42-31(39)24-12-10-9-11-13-24)20(3)17-33(25,43-23(6)36)30(38)19(2)15-27(37)32(7,8)28(41-22(5)35)16-26(18)40-21(4)34/h9-15,20,25-29,37H,16-17H2,1-8H3/b18-14+,19-15+/t20-,25-,26+,27-,28+,29-,33+/m0/s1. The van der Waals surface area contributed by atoms with E-state index in [4.69, 9.17) is 18.9 Å². The topological polar surface area (TPSA) is 143 Å². The van der Waals surface area contributed by atoms with Gasteiger partial charge in [0.05, 0.1) is 17.6 Å². The van der Waals surface area contributed by atoms with Crippen LogP contribution in [0.1, 0.15) is 78.6 Å². The summed E-state index contributed by atoms with van der Waals surface area (Å²) in [6.07, 6.45) is -1.05. The van der Waals surface area contributed by atoms with Crippen LogP contribution in [-0.4, -0.2) is 64.8 Å². The number of aliphatic hydroxyl groups is 1. The van der Waals surface area contributed by atoms with Crippen molar-refractivity contribution in [3.05, 3.63) is 59.2 Å². The highest BCUT2D eigenvalue weighted by Crippen LogP contribution is 2.48. The van der Waals surface area contributed by atoms with Gasteiger partial charge in [-0.15, -0.1) is 0 Å². The van der Waals surface area contributed by atoms with Crippen molar-refractivity contribution in [2.75, 3.05) is 0 Å². The van der Waals surface area contributed by atoms with E-state index in [1.54, 1.807) is 64.1 Å². The number of aliphatic hydroxyl groups excluding tert-OH is 1. The van der Waals surface area contributed by atoms with Crippen LogP contribution in [0.4, 0.5) is 0 Å². The molecule has 0 aromatic heterocycles. The van der Waals surface area contributed by atoms with Crippen molar-refractivity contribution >= 4 is 29.7 Å². The monoisotopic (exact) mass is 598 g/mol. The van der Waals surface area contributed by atoms with Gasteiger partial charge in [-0.3, -0.25) is 19.2 Å². The zero-order valence-corrected chi connectivity index (χ0v) is 26.0. The van der Waals surface area contributed by atoms with Gasteiger partial charge in [0.1, 0.15) is 18.3 Å². The van der Waals surface area contributed by atoms with E-state index in [1.807, 2.05) is 0 Å². The van der Waals surface area contributed by atoms with E-state index < -0.39 is 76.9 Å². The van der Waals surface area contributed by atoms with Crippen molar-refractivity contribution in [3.63, 3.8) is 0 Å². The fourth-order valence-electron chi connectivity index (χ4n) is 6.06. The molecule has 1 fully saturated rings. The van der Waals surface area contributed by atoms with Gasteiger partial charge in [-0.05, 0) is 49.1 Å². The highest BCUT2D eigenvalue weighted by Gasteiger charge is 2.60. The summed E-state index contributed by atoms with van der Waals surface area (Å²) in [5.41, 5.74) is -2.02. The quantitative estimate of drug-likeness (QED) is 0.296. The number of ether oxygens (including phenoxy) is 4. The van der Waals surface area contributed by atoms with Crippen LogP contribution in [0, 0.1) is 17.3 Å². The number of fused-ring (bicyclic) bond motifs is 1. The number of carbonyl (C=O) groups excluding carboxylic acids is 5. The second-order valence-electron chi connectivity index (χ2n) is 12.2. The van der Waals surface area contributed by atoms with E-state index in [-0.39, 0.29) is 18.4 Å². The normalized spacial score (nSPS) is 33.2. The van der Waals surface area contributed by atoms with E-state index in [2.05, 4.69) is 0 Å². The smallest absolute Gasteiger partial charge is 0.338 e. The molecule has 0 bridgehead atoms. The first-order chi connectivity index (χ1) is 20.0. The van der Waals surface area contributed by atoms with Gasteiger partial charge in [0.2, 0.25) is 5.78 Å². The molecule has 1 aromatic carbocycles. The van der Waals surface area contributed by atoms with E-state index in [0.717, 1.165) is 0 Å². The number of carbonyl (C=O) groups is 5. The summed E-state index contributed by atoms with van der Waals surface area (Å²) in [5, 5.41) is 11.4. The number of esters is 4. The Labute approximate surface area is 252 Å². The minimum Gasteiger partial charge on any atom is -0.462 e. The predicted molar refractivity (Wildman–Crippen MR) is 155 cm³/mol. The lowest BCUT2D eigenvalue weighted by Gasteiger charge is -2.40. The van der Waals surface area contributed by atoms with Gasteiger partial charge in [0, 0.05) is 39.0 Å². The number of Topliss-reactive ketones (excluding diaryl/α,β-unsaturated/α-hetero) is 1. The largest absolute Gasteiger partial charge is 0.462 e. The molecule has 7 atom stereocenters. The molecule has 1 N–H and O–H groups in total. The van der Waals surface area contributed by atoms with Crippen molar-refractivity contribution in [2.24, 2.45) is 17.3 Å². The fraction of sp³-hybridized carbons (Fsp3) is 0.545. The number of hydrogen-bond donors (Lipinski definition) is 1.